The van der Waals surface area contributed by atoms with Gasteiger partial charge in [0.05, 0.1) is 0 Å². The maximum absolute atomic E-state index is 12.0. The zero-order valence-electron chi connectivity index (χ0n) is 11.0. The first kappa shape index (κ1) is 12.9. The Bertz CT molecular complexity index is 414. The predicted octanol–water partition coefficient (Wildman–Crippen LogP) is 1.19. The van der Waals surface area contributed by atoms with Crippen LogP contribution in [0.1, 0.15) is 12.0 Å². The van der Waals surface area contributed by atoms with Gasteiger partial charge in [0.2, 0.25) is 0 Å². The van der Waals surface area contributed by atoms with Crippen LogP contribution < -0.4 is 10.1 Å². The molecule has 1 heterocycles. The first-order valence-corrected chi connectivity index (χ1v) is 6.33. The largest absolute Gasteiger partial charge is 0.484 e. The number of amides is 1. The van der Waals surface area contributed by atoms with Crippen molar-refractivity contribution < 1.29 is 9.53 Å². The molecule has 0 bridgehead atoms. The van der Waals surface area contributed by atoms with E-state index in [0.717, 1.165) is 30.8 Å². The van der Waals surface area contributed by atoms with E-state index in [0.29, 0.717) is 6.04 Å². The third-order valence-corrected chi connectivity index (χ3v) is 3.42. The maximum Gasteiger partial charge on any atom is 0.260 e. The van der Waals surface area contributed by atoms with Gasteiger partial charge in [0.1, 0.15) is 5.75 Å². The number of benzene rings is 1. The van der Waals surface area contributed by atoms with Crippen molar-refractivity contribution in [2.75, 3.05) is 26.7 Å². The maximum atomic E-state index is 12.0. The molecular weight excluding hydrogens is 228 g/mol. The second kappa shape index (κ2) is 5.87. The van der Waals surface area contributed by atoms with Crippen molar-refractivity contribution >= 4 is 5.91 Å². The lowest BCUT2D eigenvalue weighted by Crippen LogP contribution is -2.40. The summed E-state index contributed by atoms with van der Waals surface area (Å²) in [7, 11) is 1.85. The number of nitrogens with one attached hydrogen (secondary N) is 1. The molecule has 0 aliphatic carbocycles. The van der Waals surface area contributed by atoms with Crippen LogP contribution in [0.4, 0.5) is 0 Å². The van der Waals surface area contributed by atoms with Crippen LogP contribution in [0.5, 0.6) is 5.75 Å². The number of ether oxygens (including phenoxy) is 1. The van der Waals surface area contributed by atoms with E-state index in [2.05, 4.69) is 5.32 Å². The van der Waals surface area contributed by atoms with Crippen LogP contribution >= 0.6 is 0 Å². The summed E-state index contributed by atoms with van der Waals surface area (Å²) in [5.74, 6) is 0.816. The number of para-hydroxylation sites is 1. The van der Waals surface area contributed by atoms with E-state index in [1.54, 1.807) is 4.90 Å². The van der Waals surface area contributed by atoms with Gasteiger partial charge in [0.15, 0.2) is 6.61 Å². The van der Waals surface area contributed by atoms with Gasteiger partial charge in [-0.15, -0.1) is 0 Å². The third kappa shape index (κ3) is 3.01. The number of rotatable bonds is 4. The van der Waals surface area contributed by atoms with Crippen molar-refractivity contribution in [3.8, 4) is 5.75 Å². The van der Waals surface area contributed by atoms with Crippen LogP contribution in [0.3, 0.4) is 0 Å². The minimum atomic E-state index is 0.0342. The lowest BCUT2D eigenvalue weighted by Gasteiger charge is -2.23. The van der Waals surface area contributed by atoms with E-state index >= 15 is 0 Å². The standard InChI is InChI=1S/C14H20N2O2/c1-11-5-3-4-6-13(11)18-10-14(17)16(2)12-7-8-15-9-12/h3-6,12,15H,7-10H2,1-2H3/t12-/m1/s1. The number of hydrogen-bond donors (Lipinski definition) is 1. The van der Waals surface area contributed by atoms with Gasteiger partial charge in [0, 0.05) is 19.6 Å². The Hall–Kier alpha value is -1.55. The van der Waals surface area contributed by atoms with Crippen LogP contribution in [0.15, 0.2) is 24.3 Å². The molecule has 98 valence electrons. The highest BCUT2D eigenvalue weighted by molar-refractivity contribution is 5.77. The second-order valence-corrected chi connectivity index (χ2v) is 4.71. The van der Waals surface area contributed by atoms with Gasteiger partial charge >= 0.3 is 0 Å². The molecule has 4 nitrogen and oxygen atoms in total. The Balaban J connectivity index is 1.86. The topological polar surface area (TPSA) is 41.6 Å². The van der Waals surface area contributed by atoms with Crippen molar-refractivity contribution in [3.63, 3.8) is 0 Å². The molecule has 4 heteroatoms. The Morgan fingerprint density at radius 2 is 2.28 bits per heavy atom. The van der Waals surface area contributed by atoms with Gasteiger partial charge in [-0.1, -0.05) is 18.2 Å². The highest BCUT2D eigenvalue weighted by Gasteiger charge is 2.23. The molecule has 1 aliphatic rings. The molecule has 1 aliphatic heterocycles. The number of likely N-dealkylation sites (N-methyl/N-ethyl adjacent to an activating group) is 1. The van der Waals surface area contributed by atoms with E-state index in [-0.39, 0.29) is 12.5 Å². The number of hydrogen-bond acceptors (Lipinski definition) is 3. The van der Waals surface area contributed by atoms with Crippen molar-refractivity contribution in [3.05, 3.63) is 29.8 Å². The van der Waals surface area contributed by atoms with E-state index in [9.17, 15) is 4.79 Å². The molecule has 0 unspecified atom stereocenters. The molecule has 1 amide bonds. The van der Waals surface area contributed by atoms with E-state index in [1.165, 1.54) is 0 Å². The molecule has 0 aromatic heterocycles. The number of nitrogens with zero attached hydrogens (tertiary/aromatic N) is 1. The molecule has 0 radical (unpaired) electrons. The lowest BCUT2D eigenvalue weighted by atomic mass is 10.2. The van der Waals surface area contributed by atoms with Gasteiger partial charge < -0.3 is 15.0 Å². The number of aryl methyl sites for hydroxylation is 1. The summed E-state index contributed by atoms with van der Waals surface area (Å²) in [5, 5.41) is 3.26. The Labute approximate surface area is 108 Å². The van der Waals surface area contributed by atoms with Crippen LogP contribution in [-0.2, 0) is 4.79 Å². The Morgan fingerprint density at radius 1 is 1.50 bits per heavy atom. The smallest absolute Gasteiger partial charge is 0.260 e. The van der Waals surface area contributed by atoms with Crippen molar-refractivity contribution in [2.45, 2.75) is 19.4 Å². The fourth-order valence-electron chi connectivity index (χ4n) is 2.13. The van der Waals surface area contributed by atoms with Crippen LogP contribution in [0.25, 0.3) is 0 Å². The quantitative estimate of drug-likeness (QED) is 0.870. The average molecular weight is 248 g/mol. The fraction of sp³-hybridized carbons (Fsp3) is 0.500. The molecule has 0 saturated carbocycles. The minimum Gasteiger partial charge on any atom is -0.484 e. The monoisotopic (exact) mass is 248 g/mol. The van der Waals surface area contributed by atoms with E-state index < -0.39 is 0 Å². The van der Waals surface area contributed by atoms with Crippen molar-refractivity contribution in [1.82, 2.24) is 10.2 Å². The SMILES string of the molecule is Cc1ccccc1OCC(=O)N(C)[C@@H]1CCNC1. The van der Waals surface area contributed by atoms with E-state index in [1.807, 2.05) is 38.2 Å². The second-order valence-electron chi connectivity index (χ2n) is 4.71. The van der Waals surface area contributed by atoms with Gasteiger partial charge in [-0.25, -0.2) is 0 Å². The summed E-state index contributed by atoms with van der Waals surface area (Å²) in [6.45, 7) is 3.95. The normalized spacial score (nSPS) is 18.7. The Kier molecular flexibility index (Phi) is 4.20. The summed E-state index contributed by atoms with van der Waals surface area (Å²) in [6, 6.07) is 8.04. The first-order chi connectivity index (χ1) is 8.68. The molecule has 1 N–H and O–H groups in total. The summed E-state index contributed by atoms with van der Waals surface area (Å²) in [4.78, 5) is 13.8. The molecular formula is C14H20N2O2. The number of carbonyl (C=O) groups is 1. The molecule has 1 atom stereocenters. The Morgan fingerprint density at radius 3 is 2.94 bits per heavy atom. The average Bonchev–Trinajstić information content (AvgIpc) is 2.90. The van der Waals surface area contributed by atoms with Crippen LogP contribution in [-0.4, -0.2) is 43.6 Å². The van der Waals surface area contributed by atoms with Crippen LogP contribution in [0.2, 0.25) is 0 Å². The lowest BCUT2D eigenvalue weighted by molar-refractivity contribution is -0.133. The molecule has 1 aromatic carbocycles. The minimum absolute atomic E-state index is 0.0342. The van der Waals surface area contributed by atoms with E-state index in [4.69, 9.17) is 4.74 Å². The van der Waals surface area contributed by atoms with Gasteiger partial charge in [-0.3, -0.25) is 4.79 Å². The molecule has 1 fully saturated rings. The highest BCUT2D eigenvalue weighted by Crippen LogP contribution is 2.16. The third-order valence-electron chi connectivity index (χ3n) is 3.42. The van der Waals surface area contributed by atoms with Crippen molar-refractivity contribution in [2.24, 2.45) is 0 Å². The number of carbonyl (C=O) groups excluding carboxylic acids is 1. The zero-order valence-corrected chi connectivity index (χ0v) is 11.0. The summed E-state index contributed by atoms with van der Waals surface area (Å²) < 4.78 is 5.57. The summed E-state index contributed by atoms with van der Waals surface area (Å²) in [6.07, 6.45) is 1.02. The van der Waals surface area contributed by atoms with Gasteiger partial charge in [-0.05, 0) is 31.5 Å². The molecule has 0 spiro atoms. The summed E-state index contributed by atoms with van der Waals surface area (Å²) in [5.41, 5.74) is 1.05. The van der Waals surface area contributed by atoms with Gasteiger partial charge in [0.25, 0.3) is 5.91 Å². The molecule has 1 saturated heterocycles. The van der Waals surface area contributed by atoms with Crippen molar-refractivity contribution in [1.29, 1.82) is 0 Å². The fourth-order valence-corrected chi connectivity index (χ4v) is 2.13. The predicted molar refractivity (Wildman–Crippen MR) is 70.7 cm³/mol. The molecule has 1 aromatic rings. The van der Waals surface area contributed by atoms with Crippen LogP contribution in [0, 0.1) is 6.92 Å². The highest BCUT2D eigenvalue weighted by atomic mass is 16.5. The molecule has 18 heavy (non-hydrogen) atoms. The van der Waals surface area contributed by atoms with Gasteiger partial charge in [-0.2, -0.15) is 0 Å². The summed E-state index contributed by atoms with van der Waals surface area (Å²) >= 11 is 0. The molecule has 2 rings (SSSR count). The first-order valence-electron chi connectivity index (χ1n) is 6.33. The zero-order chi connectivity index (χ0) is 13.0.